The molecule has 0 unspecified atom stereocenters. The van der Waals surface area contributed by atoms with Gasteiger partial charge in [0.1, 0.15) is 6.29 Å². The van der Waals surface area contributed by atoms with Crippen LogP contribution < -0.4 is 0 Å². The van der Waals surface area contributed by atoms with Crippen molar-refractivity contribution in [3.63, 3.8) is 0 Å². The summed E-state index contributed by atoms with van der Waals surface area (Å²) in [5, 5.41) is 0.0277. The first-order chi connectivity index (χ1) is 8.11. The highest BCUT2D eigenvalue weighted by Crippen LogP contribution is 2.57. The number of rotatable bonds is 1. The summed E-state index contributed by atoms with van der Waals surface area (Å²) in [6.45, 7) is 13.3. The second-order valence-corrected chi connectivity index (χ2v) is 12.5. The van der Waals surface area contributed by atoms with Crippen LogP contribution in [-0.2, 0) is 13.6 Å². The van der Waals surface area contributed by atoms with Crippen LogP contribution in [0.25, 0.3) is 0 Å². The fourth-order valence-corrected chi connectivity index (χ4v) is 8.75. The quantitative estimate of drug-likeness (QED) is 0.541. The first kappa shape index (κ1) is 14.2. The highest BCUT2D eigenvalue weighted by molar-refractivity contribution is 6.73. The summed E-state index contributed by atoms with van der Waals surface area (Å²) in [4.78, 5) is 11.1. The number of carbonyl (C=O) groups is 1. The van der Waals surface area contributed by atoms with E-state index in [2.05, 4.69) is 41.5 Å². The van der Waals surface area contributed by atoms with Gasteiger partial charge in [-0.3, -0.25) is 0 Å². The first-order valence-corrected chi connectivity index (χ1v) is 8.73. The zero-order valence-corrected chi connectivity index (χ0v) is 13.4. The first-order valence-electron chi connectivity index (χ1n) is 6.92. The van der Waals surface area contributed by atoms with Crippen molar-refractivity contribution in [2.24, 2.45) is 5.92 Å². The van der Waals surface area contributed by atoms with Crippen LogP contribution in [-0.4, -0.2) is 27.1 Å². The van der Waals surface area contributed by atoms with E-state index in [1.807, 2.05) is 0 Å². The second kappa shape index (κ2) is 4.15. The molecule has 1 aliphatic carbocycles. The third-order valence-electron chi connectivity index (χ3n) is 4.31. The highest BCUT2D eigenvalue weighted by atomic mass is 28.4. The van der Waals surface area contributed by atoms with Crippen LogP contribution >= 0.6 is 0 Å². The molecule has 0 radical (unpaired) electrons. The molecule has 3 nitrogen and oxygen atoms in total. The van der Waals surface area contributed by atoms with Gasteiger partial charge in [-0.2, -0.15) is 0 Å². The molecule has 104 valence electrons. The summed E-state index contributed by atoms with van der Waals surface area (Å²) < 4.78 is 13.0. The summed E-state index contributed by atoms with van der Waals surface area (Å²) >= 11 is 0. The van der Waals surface area contributed by atoms with Gasteiger partial charge in [-0.1, -0.05) is 41.5 Å². The molecule has 1 saturated carbocycles. The van der Waals surface area contributed by atoms with Crippen LogP contribution in [0.15, 0.2) is 0 Å². The molecule has 3 atom stereocenters. The molecule has 4 heteroatoms. The maximum absolute atomic E-state index is 11.1. The van der Waals surface area contributed by atoms with Crippen molar-refractivity contribution in [1.82, 2.24) is 0 Å². The minimum Gasteiger partial charge on any atom is -0.390 e. The Hall–Kier alpha value is -0.193. The van der Waals surface area contributed by atoms with Gasteiger partial charge < -0.3 is 13.6 Å². The van der Waals surface area contributed by atoms with E-state index in [0.29, 0.717) is 0 Å². The van der Waals surface area contributed by atoms with E-state index in [0.717, 1.165) is 19.1 Å². The Morgan fingerprint density at radius 3 is 2.00 bits per heavy atom. The van der Waals surface area contributed by atoms with Crippen molar-refractivity contribution in [3.8, 4) is 0 Å². The van der Waals surface area contributed by atoms with E-state index in [4.69, 9.17) is 8.85 Å². The van der Waals surface area contributed by atoms with Crippen molar-refractivity contribution < 1.29 is 13.6 Å². The van der Waals surface area contributed by atoms with Crippen LogP contribution in [0.4, 0.5) is 0 Å². The van der Waals surface area contributed by atoms with E-state index in [9.17, 15) is 4.79 Å². The van der Waals surface area contributed by atoms with E-state index in [1.165, 1.54) is 0 Å². The lowest BCUT2D eigenvalue weighted by Crippen LogP contribution is -2.62. The SMILES string of the molecule is CC(C)(C)[Si]1(C(C)(C)C)O[C@@H]2C[C@H](O1)[C@@H](C=O)C2. The van der Waals surface area contributed by atoms with Crippen LogP contribution in [0.5, 0.6) is 0 Å². The predicted molar refractivity (Wildman–Crippen MR) is 73.7 cm³/mol. The molecule has 0 spiro atoms. The molecule has 0 aromatic heterocycles. The number of hydrogen-bond donors (Lipinski definition) is 0. The summed E-state index contributed by atoms with van der Waals surface area (Å²) in [5.74, 6) is 0.0362. The van der Waals surface area contributed by atoms with Gasteiger partial charge in [0.15, 0.2) is 0 Å². The van der Waals surface area contributed by atoms with E-state index in [1.54, 1.807) is 0 Å². The second-order valence-electron chi connectivity index (χ2n) is 7.78. The number of carbonyl (C=O) groups excluding carboxylic acids is 1. The normalized spacial score (nSPS) is 35.6. The molecule has 0 amide bonds. The highest BCUT2D eigenvalue weighted by Gasteiger charge is 2.64. The van der Waals surface area contributed by atoms with Crippen molar-refractivity contribution in [2.75, 3.05) is 0 Å². The van der Waals surface area contributed by atoms with Crippen LogP contribution in [0.3, 0.4) is 0 Å². The molecule has 0 N–H and O–H groups in total. The van der Waals surface area contributed by atoms with Crippen molar-refractivity contribution in [1.29, 1.82) is 0 Å². The Morgan fingerprint density at radius 1 is 1.00 bits per heavy atom. The molecule has 1 saturated heterocycles. The fraction of sp³-hybridized carbons (Fsp3) is 0.929. The van der Waals surface area contributed by atoms with Crippen LogP contribution in [0.2, 0.25) is 10.1 Å². The molecule has 2 fully saturated rings. The molecule has 1 heterocycles. The fourth-order valence-electron chi connectivity index (χ4n) is 3.67. The average Bonchev–Trinajstić information content (AvgIpc) is 2.49. The Kier molecular flexibility index (Phi) is 3.28. The van der Waals surface area contributed by atoms with E-state index < -0.39 is 8.56 Å². The summed E-state index contributed by atoms with van der Waals surface area (Å²) in [6, 6.07) is 0. The van der Waals surface area contributed by atoms with Gasteiger partial charge in [0.2, 0.25) is 0 Å². The maximum atomic E-state index is 11.1. The van der Waals surface area contributed by atoms with Gasteiger partial charge >= 0.3 is 8.56 Å². The smallest absolute Gasteiger partial charge is 0.349 e. The average molecular weight is 270 g/mol. The Labute approximate surface area is 111 Å². The topological polar surface area (TPSA) is 35.5 Å². The molecule has 2 aliphatic rings. The number of aldehydes is 1. The summed E-state index contributed by atoms with van der Waals surface area (Å²) in [6.07, 6.45) is 3.11. The zero-order valence-electron chi connectivity index (χ0n) is 12.4. The maximum Gasteiger partial charge on any atom is 0.349 e. The Bertz CT molecular complexity index is 326. The van der Waals surface area contributed by atoms with E-state index >= 15 is 0 Å². The molecule has 1 aliphatic heterocycles. The standard InChI is InChI=1S/C14H26O3Si/c1-13(2,3)18(14(4,5)6)16-11-7-10(9-15)12(8-11)17-18/h9-12H,7-8H2,1-6H3/t10-,11+,12+/m1/s1. The van der Waals surface area contributed by atoms with Gasteiger partial charge in [-0.05, 0) is 12.8 Å². The predicted octanol–water partition coefficient (Wildman–Crippen LogP) is 3.42. The van der Waals surface area contributed by atoms with Gasteiger partial charge in [-0.15, -0.1) is 0 Å². The molecule has 0 aromatic carbocycles. The van der Waals surface area contributed by atoms with Gasteiger partial charge in [0, 0.05) is 16.0 Å². The minimum atomic E-state index is -2.37. The van der Waals surface area contributed by atoms with E-state index in [-0.39, 0.29) is 28.2 Å². The Balaban J connectivity index is 2.38. The molecule has 0 aromatic rings. The molecule has 2 rings (SSSR count). The third-order valence-corrected chi connectivity index (χ3v) is 9.56. The lowest BCUT2D eigenvalue weighted by atomic mass is 10.1. The minimum absolute atomic E-state index is 0.0138. The van der Waals surface area contributed by atoms with Gasteiger partial charge in [0.05, 0.1) is 12.2 Å². The molecular weight excluding hydrogens is 244 g/mol. The van der Waals surface area contributed by atoms with Gasteiger partial charge in [-0.25, -0.2) is 0 Å². The lowest BCUT2D eigenvalue weighted by molar-refractivity contribution is -0.113. The number of hydrogen-bond acceptors (Lipinski definition) is 3. The largest absolute Gasteiger partial charge is 0.390 e. The Morgan fingerprint density at radius 2 is 1.56 bits per heavy atom. The summed E-state index contributed by atoms with van der Waals surface area (Å²) in [5.41, 5.74) is 0. The third kappa shape index (κ3) is 1.98. The van der Waals surface area contributed by atoms with Crippen LogP contribution in [0.1, 0.15) is 54.4 Å². The van der Waals surface area contributed by atoms with Crippen molar-refractivity contribution in [2.45, 2.75) is 76.7 Å². The van der Waals surface area contributed by atoms with Gasteiger partial charge in [0.25, 0.3) is 0 Å². The molecular formula is C14H26O3Si. The van der Waals surface area contributed by atoms with Crippen molar-refractivity contribution in [3.05, 3.63) is 0 Å². The molecule has 2 bridgehead atoms. The van der Waals surface area contributed by atoms with Crippen LogP contribution in [0, 0.1) is 5.92 Å². The zero-order chi connectivity index (χ0) is 13.8. The summed E-state index contributed by atoms with van der Waals surface area (Å²) in [7, 11) is -2.37. The lowest BCUT2D eigenvalue weighted by Gasteiger charge is -2.53. The molecule has 18 heavy (non-hydrogen) atoms. The van der Waals surface area contributed by atoms with Crippen molar-refractivity contribution >= 4 is 14.8 Å². The monoisotopic (exact) mass is 270 g/mol. The number of fused-ring (bicyclic) bond motifs is 2.